The van der Waals surface area contributed by atoms with Crippen LogP contribution in [0.5, 0.6) is 5.75 Å². The summed E-state index contributed by atoms with van der Waals surface area (Å²) in [5.74, 6) is 0.857. The summed E-state index contributed by atoms with van der Waals surface area (Å²) in [7, 11) is 0. The van der Waals surface area contributed by atoms with E-state index in [4.69, 9.17) is 9.47 Å². The van der Waals surface area contributed by atoms with E-state index in [9.17, 15) is 15.2 Å². The molecule has 6 rings (SSSR count). The standard InChI is InChI=1S/C25H20N4O5/c30-23-22-25(28-21-11-15(29(31)32)7-9-20(21)27-22)34-24(23)18-12-26-19-8-6-14(10-17(18)19)13-33-16-4-2-1-3-5-16/h1-12,24,26-29,31H,13H2. The Morgan fingerprint density at radius 2 is 1.88 bits per heavy atom. The molecule has 34 heavy (non-hydrogen) atoms. The fraction of sp³-hybridized carbons (Fsp3) is 0.0800. The molecule has 0 amide bonds. The highest BCUT2D eigenvalue weighted by Gasteiger charge is 2.40. The van der Waals surface area contributed by atoms with Gasteiger partial charge in [0.1, 0.15) is 18.1 Å². The average Bonchev–Trinajstić information content (AvgIpc) is 3.41. The maximum absolute atomic E-state index is 13.2. The number of fused-ring (bicyclic) bond motifs is 2. The first-order valence-electron chi connectivity index (χ1n) is 10.7. The molecule has 9 heteroatoms. The lowest BCUT2D eigenvalue weighted by atomic mass is 10.0. The molecule has 0 saturated carbocycles. The number of hydrogen-bond acceptors (Lipinski definition) is 7. The second kappa shape index (κ2) is 7.92. The number of carbonyl (C=O) groups excluding carboxylic acids is 1. The Labute approximate surface area is 193 Å². The predicted octanol–water partition coefficient (Wildman–Crippen LogP) is 3.50. The predicted molar refractivity (Wildman–Crippen MR) is 124 cm³/mol. The molecule has 2 unspecified atom stereocenters. The molecule has 0 fully saturated rings. The number of hydrogen-bond donors (Lipinski definition) is 5. The molecule has 2 atom stereocenters. The molecule has 0 spiro atoms. The topological polar surface area (TPSA) is 123 Å². The highest BCUT2D eigenvalue weighted by Crippen LogP contribution is 2.41. The van der Waals surface area contributed by atoms with Gasteiger partial charge in [-0.15, -0.1) is 0 Å². The third-order valence-electron chi connectivity index (χ3n) is 5.93. The van der Waals surface area contributed by atoms with Crippen molar-refractivity contribution in [3.8, 4) is 5.75 Å². The van der Waals surface area contributed by atoms with Crippen LogP contribution in [0.2, 0.25) is 0 Å². The van der Waals surface area contributed by atoms with Gasteiger partial charge in [-0.25, -0.2) is 5.21 Å². The van der Waals surface area contributed by atoms with Crippen molar-refractivity contribution in [2.75, 3.05) is 10.6 Å². The van der Waals surface area contributed by atoms with E-state index in [1.807, 2.05) is 48.5 Å². The number of para-hydroxylation sites is 1. The Hall–Kier alpha value is -4.31. The second-order valence-corrected chi connectivity index (χ2v) is 8.11. The van der Waals surface area contributed by atoms with Gasteiger partial charge in [-0.3, -0.25) is 4.79 Å². The lowest BCUT2D eigenvalue weighted by Gasteiger charge is -2.21. The Morgan fingerprint density at radius 1 is 1.03 bits per heavy atom. The van der Waals surface area contributed by atoms with Gasteiger partial charge in [0.05, 0.1) is 11.4 Å². The van der Waals surface area contributed by atoms with Crippen molar-refractivity contribution in [1.29, 1.82) is 0 Å². The van der Waals surface area contributed by atoms with E-state index in [2.05, 4.69) is 15.6 Å². The van der Waals surface area contributed by atoms with E-state index in [1.54, 1.807) is 12.3 Å². The second-order valence-electron chi connectivity index (χ2n) is 8.11. The van der Waals surface area contributed by atoms with E-state index >= 15 is 0 Å². The van der Waals surface area contributed by atoms with Crippen molar-refractivity contribution >= 4 is 33.7 Å². The zero-order valence-electron chi connectivity index (χ0n) is 17.8. The lowest BCUT2D eigenvalue weighted by Crippen LogP contribution is -2.99. The van der Waals surface area contributed by atoms with Crippen LogP contribution in [0.15, 0.2) is 84.5 Å². The van der Waals surface area contributed by atoms with Crippen LogP contribution in [0, 0.1) is 5.21 Å². The Balaban J connectivity index is 1.25. The van der Waals surface area contributed by atoms with Crippen molar-refractivity contribution in [2.45, 2.75) is 12.7 Å². The van der Waals surface area contributed by atoms with Crippen molar-refractivity contribution in [3.63, 3.8) is 0 Å². The Kier molecular flexibility index (Phi) is 4.73. The number of ketones is 1. The molecular formula is C25H20N4O5. The quantitative estimate of drug-likeness (QED) is 0.291. The molecule has 0 bridgehead atoms. The summed E-state index contributed by atoms with van der Waals surface area (Å²) < 4.78 is 11.9. The molecule has 5 N–H and O–H groups in total. The van der Waals surface area contributed by atoms with Gasteiger partial charge in [0.2, 0.25) is 11.7 Å². The van der Waals surface area contributed by atoms with Gasteiger partial charge in [0.25, 0.3) is 0 Å². The van der Waals surface area contributed by atoms with Crippen LogP contribution in [0.1, 0.15) is 17.2 Å². The van der Waals surface area contributed by atoms with E-state index < -0.39 is 11.3 Å². The maximum atomic E-state index is 13.2. The van der Waals surface area contributed by atoms with Gasteiger partial charge >= 0.3 is 0 Å². The first-order valence-corrected chi connectivity index (χ1v) is 10.7. The molecule has 3 heterocycles. The summed E-state index contributed by atoms with van der Waals surface area (Å²) in [5.41, 5.74) is 4.17. The average molecular weight is 456 g/mol. The SMILES string of the molecule is O=C1C2=C(Nc3cc([NH+]([O-])O)ccc3N2)OC1c1c[nH]c2ccc(COc3ccccc3)cc12. The zero-order chi connectivity index (χ0) is 23.2. The first-order chi connectivity index (χ1) is 16.6. The molecular weight excluding hydrogens is 436 g/mol. The van der Waals surface area contributed by atoms with Crippen LogP contribution in [0.4, 0.5) is 17.1 Å². The number of H-pyrrole nitrogens is 1. The number of Topliss-reactive ketones (excluding diaryl/α,β-unsaturated/α-hetero) is 1. The molecule has 1 aromatic heterocycles. The van der Waals surface area contributed by atoms with E-state index in [0.29, 0.717) is 23.7 Å². The number of aromatic amines is 1. The van der Waals surface area contributed by atoms with Gasteiger partial charge in [-0.2, -0.15) is 5.23 Å². The largest absolute Gasteiger partial charge is 0.595 e. The number of carbonyl (C=O) groups is 1. The number of nitrogens with one attached hydrogen (secondary N) is 4. The zero-order valence-corrected chi connectivity index (χ0v) is 17.8. The van der Waals surface area contributed by atoms with Gasteiger partial charge in [-0.05, 0) is 35.9 Å². The molecule has 0 aliphatic carbocycles. The molecule has 2 aliphatic heterocycles. The van der Waals surface area contributed by atoms with Crippen LogP contribution >= 0.6 is 0 Å². The van der Waals surface area contributed by atoms with Crippen molar-refractivity contribution in [2.24, 2.45) is 0 Å². The Bertz CT molecular complexity index is 1440. The van der Waals surface area contributed by atoms with Gasteiger partial charge in [0.15, 0.2) is 11.8 Å². The van der Waals surface area contributed by atoms with Gasteiger partial charge in [0, 0.05) is 34.8 Å². The van der Waals surface area contributed by atoms with Crippen LogP contribution in [0.25, 0.3) is 10.9 Å². The fourth-order valence-corrected chi connectivity index (χ4v) is 4.21. The molecule has 170 valence electrons. The van der Waals surface area contributed by atoms with Crippen molar-refractivity contribution < 1.29 is 24.7 Å². The smallest absolute Gasteiger partial charge is 0.229 e. The van der Waals surface area contributed by atoms with Crippen molar-refractivity contribution in [3.05, 3.63) is 101 Å². The number of rotatable bonds is 5. The molecule has 0 saturated heterocycles. The number of anilines is 2. The third-order valence-corrected chi connectivity index (χ3v) is 5.93. The first kappa shape index (κ1) is 20.3. The minimum absolute atomic E-state index is 0.139. The van der Waals surface area contributed by atoms with Crippen LogP contribution in [-0.4, -0.2) is 16.0 Å². The molecule has 4 aromatic rings. The number of benzene rings is 3. The van der Waals surface area contributed by atoms with Crippen molar-refractivity contribution in [1.82, 2.24) is 4.98 Å². The monoisotopic (exact) mass is 456 g/mol. The summed E-state index contributed by atoms with van der Waals surface area (Å²) in [4.78, 5) is 16.5. The fourth-order valence-electron chi connectivity index (χ4n) is 4.21. The highest BCUT2D eigenvalue weighted by atomic mass is 16.8. The number of ether oxygens (including phenoxy) is 2. The molecule has 2 aliphatic rings. The molecule has 9 nitrogen and oxygen atoms in total. The lowest BCUT2D eigenvalue weighted by molar-refractivity contribution is -0.991. The maximum Gasteiger partial charge on any atom is 0.229 e. The molecule has 3 aromatic carbocycles. The summed E-state index contributed by atoms with van der Waals surface area (Å²) in [6.07, 6.45) is 0.945. The molecule has 0 radical (unpaired) electrons. The van der Waals surface area contributed by atoms with Crippen LogP contribution in [-0.2, 0) is 16.1 Å². The number of aromatic nitrogens is 1. The highest BCUT2D eigenvalue weighted by molar-refractivity contribution is 6.08. The van der Waals surface area contributed by atoms with E-state index in [0.717, 1.165) is 27.8 Å². The minimum Gasteiger partial charge on any atom is -0.595 e. The van der Waals surface area contributed by atoms with Gasteiger partial charge < -0.3 is 30.3 Å². The summed E-state index contributed by atoms with van der Waals surface area (Å²) in [5, 5.41) is 26.5. The van der Waals surface area contributed by atoms with E-state index in [1.165, 1.54) is 12.1 Å². The van der Waals surface area contributed by atoms with Crippen LogP contribution < -0.4 is 20.6 Å². The third kappa shape index (κ3) is 3.44. The normalized spacial score (nSPS) is 17.5. The summed E-state index contributed by atoms with van der Waals surface area (Å²) >= 11 is 0. The minimum atomic E-state index is -1.03. The van der Waals surface area contributed by atoms with Crippen LogP contribution in [0.3, 0.4) is 0 Å². The summed E-state index contributed by atoms with van der Waals surface area (Å²) in [6, 6.07) is 20.1. The van der Waals surface area contributed by atoms with Gasteiger partial charge in [-0.1, -0.05) is 24.3 Å². The number of quaternary nitrogens is 1. The van der Waals surface area contributed by atoms with E-state index in [-0.39, 0.29) is 17.4 Å². The Morgan fingerprint density at radius 3 is 2.71 bits per heavy atom. The summed E-state index contributed by atoms with van der Waals surface area (Å²) in [6.45, 7) is 0.392.